The summed E-state index contributed by atoms with van der Waals surface area (Å²) < 4.78 is 34.6. The highest BCUT2D eigenvalue weighted by atomic mass is 19.1. The Morgan fingerprint density at radius 3 is 2.29 bits per heavy atom. The number of hydrogen-bond donors (Lipinski definition) is 3. The minimum Gasteiger partial charge on any atom is -0.373 e. The van der Waals surface area contributed by atoms with Crippen LogP contribution >= 0.6 is 0 Å². The molecule has 0 bridgehead atoms. The van der Waals surface area contributed by atoms with Crippen LogP contribution in [0.25, 0.3) is 28.0 Å². The summed E-state index contributed by atoms with van der Waals surface area (Å²) in [5, 5.41) is 27.8. The predicted molar refractivity (Wildman–Crippen MR) is 243 cm³/mol. The fourth-order valence-corrected chi connectivity index (χ4v) is 10.9. The quantitative estimate of drug-likeness (QED) is 0.116. The third-order valence-electron chi connectivity index (χ3n) is 15.3. The molecule has 66 heavy (non-hydrogen) atoms. The maximum Gasteiger partial charge on any atom is 0.249 e. The number of likely N-dealkylation sites (tertiary alicyclic amines) is 1. The Labute approximate surface area is 382 Å². The second kappa shape index (κ2) is 18.2. The fraction of sp³-hybridized carbons (Fsp3) is 0.510. The number of halogens is 2. The van der Waals surface area contributed by atoms with Crippen molar-refractivity contribution in [3.8, 4) is 28.6 Å². The van der Waals surface area contributed by atoms with E-state index in [1.807, 2.05) is 41.6 Å². The Morgan fingerprint density at radius 2 is 1.64 bits per heavy atom. The number of nitrogens with zero attached hydrogens (tertiary/aromatic N) is 9. The number of fused-ring (bicyclic) bond motifs is 1. The number of pyridine rings is 1. The van der Waals surface area contributed by atoms with Crippen molar-refractivity contribution >= 4 is 34.7 Å². The Balaban J connectivity index is 0.762. The fourth-order valence-electron chi connectivity index (χ4n) is 10.9. The van der Waals surface area contributed by atoms with Gasteiger partial charge in [-0.3, -0.25) is 24.4 Å². The number of carbonyl (C=O) groups excluding carboxylic acids is 3. The minimum atomic E-state index is -0.718. The molecule has 3 N–H and O–H groups in total. The molecule has 2 saturated carbocycles. The summed E-state index contributed by atoms with van der Waals surface area (Å²) in [6, 6.07) is 9.00. The number of carbonyl (C=O) groups is 3. The van der Waals surface area contributed by atoms with E-state index < -0.39 is 23.6 Å². The summed E-state index contributed by atoms with van der Waals surface area (Å²) in [5.74, 6) is -1.25. The molecule has 5 aromatic rings. The number of piperidine rings is 3. The molecule has 3 aliphatic heterocycles. The Hall–Kier alpha value is -6.28. The van der Waals surface area contributed by atoms with Crippen LogP contribution < -0.4 is 20.9 Å². The minimum absolute atomic E-state index is 0.105. The summed E-state index contributed by atoms with van der Waals surface area (Å²) >= 11 is 0. The molecule has 5 aliphatic rings. The summed E-state index contributed by atoms with van der Waals surface area (Å²) in [5.41, 5.74) is 3.89. The first-order valence-corrected chi connectivity index (χ1v) is 23.8. The lowest BCUT2D eigenvalue weighted by Gasteiger charge is -2.42. The molecule has 3 saturated heterocycles. The zero-order chi connectivity index (χ0) is 45.5. The first-order valence-electron chi connectivity index (χ1n) is 23.8. The number of anilines is 2. The van der Waals surface area contributed by atoms with Crippen LogP contribution in [0, 0.1) is 28.4 Å². The Bertz CT molecular complexity index is 2640. The monoisotopic (exact) mass is 898 g/mol. The third-order valence-corrected chi connectivity index (χ3v) is 15.3. The zero-order valence-corrected chi connectivity index (χ0v) is 37.3. The van der Waals surface area contributed by atoms with Gasteiger partial charge in [-0.1, -0.05) is 6.92 Å². The van der Waals surface area contributed by atoms with Crippen molar-refractivity contribution in [2.24, 2.45) is 5.41 Å². The number of nitriles is 1. The summed E-state index contributed by atoms with van der Waals surface area (Å²) in [4.78, 5) is 51.7. The van der Waals surface area contributed by atoms with Crippen LogP contribution in [0.15, 0.2) is 55.2 Å². The first-order chi connectivity index (χ1) is 32.1. The number of benzene rings is 1. The van der Waals surface area contributed by atoms with E-state index in [1.165, 1.54) is 18.6 Å². The lowest BCUT2D eigenvalue weighted by molar-refractivity contribution is -0.134. The zero-order valence-electron chi connectivity index (χ0n) is 37.3. The average Bonchev–Trinajstić information content (AvgIpc) is 3.99. The van der Waals surface area contributed by atoms with Crippen molar-refractivity contribution in [3.63, 3.8) is 0 Å². The van der Waals surface area contributed by atoms with Gasteiger partial charge in [0.05, 0.1) is 41.4 Å². The van der Waals surface area contributed by atoms with Crippen molar-refractivity contribution in [1.82, 2.24) is 44.9 Å². The highest BCUT2D eigenvalue weighted by Crippen LogP contribution is 2.40. The van der Waals surface area contributed by atoms with Gasteiger partial charge < -0.3 is 20.4 Å². The number of nitrogens with one attached hydrogen (secondary N) is 3. The second-order valence-corrected chi connectivity index (χ2v) is 19.0. The number of amides is 3. The molecule has 1 unspecified atom stereocenters. The smallest absolute Gasteiger partial charge is 0.249 e. The maximum absolute atomic E-state index is 15.4. The van der Waals surface area contributed by atoms with E-state index in [4.69, 9.17) is 15.1 Å². The van der Waals surface area contributed by atoms with Gasteiger partial charge in [-0.2, -0.15) is 15.5 Å². The van der Waals surface area contributed by atoms with Gasteiger partial charge in [0.15, 0.2) is 0 Å². The molecule has 4 aromatic heterocycles. The van der Waals surface area contributed by atoms with E-state index >= 15 is 8.78 Å². The Morgan fingerprint density at radius 1 is 0.894 bits per heavy atom. The van der Waals surface area contributed by atoms with Crippen LogP contribution in [0.2, 0.25) is 0 Å². The molecule has 0 spiro atoms. The van der Waals surface area contributed by atoms with Crippen LogP contribution in [-0.2, 0) is 14.4 Å². The molecule has 2 aliphatic carbocycles. The van der Waals surface area contributed by atoms with Crippen molar-refractivity contribution in [2.75, 3.05) is 36.4 Å². The summed E-state index contributed by atoms with van der Waals surface area (Å²) in [7, 11) is 0. The molecule has 7 heterocycles. The lowest BCUT2D eigenvalue weighted by atomic mass is 9.74. The second-order valence-electron chi connectivity index (χ2n) is 19.0. The van der Waals surface area contributed by atoms with Gasteiger partial charge in [0.2, 0.25) is 17.7 Å². The van der Waals surface area contributed by atoms with Gasteiger partial charge in [-0.15, -0.1) is 0 Å². The summed E-state index contributed by atoms with van der Waals surface area (Å²) in [6.07, 6.45) is 20.4. The van der Waals surface area contributed by atoms with E-state index in [2.05, 4.69) is 43.8 Å². The number of hydrogen-bond acceptors (Lipinski definition) is 11. The van der Waals surface area contributed by atoms with Crippen molar-refractivity contribution < 1.29 is 23.2 Å². The molecule has 0 radical (unpaired) electrons. The van der Waals surface area contributed by atoms with Crippen LogP contribution in [0.5, 0.6) is 0 Å². The van der Waals surface area contributed by atoms with E-state index in [0.717, 1.165) is 101 Å². The van der Waals surface area contributed by atoms with Gasteiger partial charge >= 0.3 is 0 Å². The molecule has 1 atom stereocenters. The molecular formula is C49H56F2N12O3. The van der Waals surface area contributed by atoms with Crippen LogP contribution in [-0.4, -0.2) is 96.3 Å². The predicted octanol–water partition coefficient (Wildman–Crippen LogP) is 7.05. The molecule has 1 aromatic carbocycles. The van der Waals surface area contributed by atoms with E-state index in [0.29, 0.717) is 47.4 Å². The molecule has 10 rings (SSSR count). The molecular weight excluding hydrogens is 843 g/mol. The highest BCUT2D eigenvalue weighted by molar-refractivity contribution is 6.01. The molecule has 344 valence electrons. The first kappa shape index (κ1) is 43.6. The number of rotatable bonds is 11. The lowest BCUT2D eigenvalue weighted by Crippen LogP contribution is -2.52. The van der Waals surface area contributed by atoms with Crippen molar-refractivity contribution in [3.05, 3.63) is 78.0 Å². The maximum atomic E-state index is 15.4. The normalized spacial score (nSPS) is 23.0. The van der Waals surface area contributed by atoms with Gasteiger partial charge in [0.25, 0.3) is 0 Å². The van der Waals surface area contributed by atoms with E-state index in [1.54, 1.807) is 10.7 Å². The summed E-state index contributed by atoms with van der Waals surface area (Å²) in [6.45, 7) is 5.14. The van der Waals surface area contributed by atoms with Gasteiger partial charge in [-0.05, 0) is 127 Å². The molecule has 5 fully saturated rings. The number of aromatic nitrogens is 6. The Kier molecular flexibility index (Phi) is 12.0. The van der Waals surface area contributed by atoms with Crippen LogP contribution in [0.3, 0.4) is 0 Å². The van der Waals surface area contributed by atoms with Gasteiger partial charge in [0.1, 0.15) is 40.6 Å². The third kappa shape index (κ3) is 8.51. The number of imide groups is 1. The average molecular weight is 899 g/mol. The van der Waals surface area contributed by atoms with Crippen LogP contribution in [0.4, 0.5) is 20.3 Å². The van der Waals surface area contributed by atoms with Crippen LogP contribution in [0.1, 0.15) is 120 Å². The van der Waals surface area contributed by atoms with Crippen molar-refractivity contribution in [2.45, 2.75) is 127 Å². The topological polar surface area (TPSA) is 178 Å². The van der Waals surface area contributed by atoms with E-state index in [-0.39, 0.29) is 53.3 Å². The molecule has 17 heteroatoms. The largest absolute Gasteiger partial charge is 0.373 e. The van der Waals surface area contributed by atoms with E-state index in [9.17, 15) is 19.6 Å². The standard InChI is InChI=1S/C49H56F2N12O3/c1-2-49(48(66)57-34-4-3-5-34)16-20-61(21-17-49)42-12-6-31(25-53-42)45-46-32(24-52)26-55-63(46)29-41(58-45)33-27-54-62(28-33)37-9-7-36(8-10-37)60-18-14-30(15-19-60)44-38(50)22-35(23-39(44)51)56-40-11-13-43(64)59-47(40)65/h6,12,22-23,25-30,34,36-37,40,56H,2-5,7-11,13-21H2,1H3,(H,57,66)(H,59,64,65). The van der Waals surface area contributed by atoms with Crippen molar-refractivity contribution in [1.29, 1.82) is 5.26 Å². The SMILES string of the molecule is CCC1(C(=O)NC2CCC2)CCN(c2ccc(-c3nc(-c4cnn(C5CCC(N6CCC(c7c(F)cc(NC8CCC(=O)NC8=O)cc7F)CC6)CC5)c4)cn4ncc(C#N)c34)cn2)CC1. The molecule has 3 amide bonds. The molecule has 15 nitrogen and oxygen atoms in total. The van der Waals surface area contributed by atoms with Gasteiger partial charge in [-0.25, -0.2) is 23.3 Å². The highest BCUT2D eigenvalue weighted by Gasteiger charge is 2.41. The van der Waals surface area contributed by atoms with Gasteiger partial charge in [0, 0.05) is 66.4 Å².